The summed E-state index contributed by atoms with van der Waals surface area (Å²) in [6.07, 6.45) is 3.57. The average molecular weight is 441 g/mol. The fourth-order valence-electron chi connectivity index (χ4n) is 3.99. The van der Waals surface area contributed by atoms with Gasteiger partial charge in [-0.05, 0) is 37.1 Å². The van der Waals surface area contributed by atoms with E-state index in [1.165, 1.54) is 15.6 Å². The van der Waals surface area contributed by atoms with Crippen LogP contribution in [0.2, 0.25) is 0 Å². The van der Waals surface area contributed by atoms with E-state index in [1.807, 2.05) is 4.90 Å². The summed E-state index contributed by atoms with van der Waals surface area (Å²) in [4.78, 5) is 28.9. The highest BCUT2D eigenvalue weighted by Gasteiger charge is 2.36. The predicted molar refractivity (Wildman–Crippen MR) is 110 cm³/mol. The number of nitrogens with one attached hydrogen (secondary N) is 1. The van der Waals surface area contributed by atoms with E-state index in [9.17, 15) is 18.0 Å². The normalized spacial score (nSPS) is 24.4. The SMILES string of the molecule is O=C(CN1CCN(C(=O)C2CCCN(S(=O)(=O)c3cccs3)C2)CC1)NC1CC1. The monoisotopic (exact) mass is 440 g/mol. The van der Waals surface area contributed by atoms with Gasteiger partial charge in [0.25, 0.3) is 10.0 Å². The molecule has 1 aromatic heterocycles. The number of carbonyl (C=O) groups is 2. The topological polar surface area (TPSA) is 90.0 Å². The van der Waals surface area contributed by atoms with Crippen LogP contribution in [0.4, 0.5) is 0 Å². The summed E-state index contributed by atoms with van der Waals surface area (Å²) in [5.74, 6) is -0.185. The Balaban J connectivity index is 1.29. The van der Waals surface area contributed by atoms with Crippen LogP contribution in [0.15, 0.2) is 21.7 Å². The van der Waals surface area contributed by atoms with Crippen LogP contribution in [0, 0.1) is 5.92 Å². The minimum absolute atomic E-state index is 0.0400. The predicted octanol–water partition coefficient (Wildman–Crippen LogP) is 0.572. The van der Waals surface area contributed by atoms with Gasteiger partial charge in [0, 0.05) is 45.3 Å². The highest BCUT2D eigenvalue weighted by atomic mass is 32.2. The number of amides is 2. The molecule has 160 valence electrons. The van der Waals surface area contributed by atoms with Gasteiger partial charge in [0.2, 0.25) is 11.8 Å². The highest BCUT2D eigenvalue weighted by molar-refractivity contribution is 7.91. The molecular weight excluding hydrogens is 412 g/mol. The zero-order valence-corrected chi connectivity index (χ0v) is 18.1. The molecule has 0 radical (unpaired) electrons. The number of hydrogen-bond donors (Lipinski definition) is 1. The number of piperidine rings is 1. The molecular formula is C19H28N4O4S2. The lowest BCUT2D eigenvalue weighted by Gasteiger charge is -2.38. The van der Waals surface area contributed by atoms with E-state index in [0.29, 0.717) is 55.9 Å². The second kappa shape index (κ2) is 8.71. The molecule has 1 unspecified atom stereocenters. The number of hydrogen-bond acceptors (Lipinski definition) is 6. The van der Waals surface area contributed by atoms with E-state index in [2.05, 4.69) is 10.2 Å². The average Bonchev–Trinajstić information content (AvgIpc) is 3.34. The van der Waals surface area contributed by atoms with Gasteiger partial charge in [0.15, 0.2) is 0 Å². The standard InChI is InChI=1S/C19H28N4O4S2/c24-17(20-16-5-6-16)14-21-8-10-22(11-9-21)19(25)15-3-1-7-23(13-15)29(26,27)18-4-2-12-28-18/h2,4,12,15-16H,1,3,5-11,13-14H2,(H,20,24). The number of sulfonamides is 1. The van der Waals surface area contributed by atoms with Crippen molar-refractivity contribution < 1.29 is 18.0 Å². The van der Waals surface area contributed by atoms with E-state index in [4.69, 9.17) is 0 Å². The third-order valence-electron chi connectivity index (χ3n) is 5.82. The van der Waals surface area contributed by atoms with Crippen molar-refractivity contribution in [2.75, 3.05) is 45.8 Å². The molecule has 3 fully saturated rings. The summed E-state index contributed by atoms with van der Waals surface area (Å²) in [6, 6.07) is 3.71. The molecule has 1 N–H and O–H groups in total. The summed E-state index contributed by atoms with van der Waals surface area (Å²) in [7, 11) is -3.51. The van der Waals surface area contributed by atoms with Crippen LogP contribution in [0.25, 0.3) is 0 Å². The second-order valence-corrected chi connectivity index (χ2v) is 11.2. The van der Waals surface area contributed by atoms with Gasteiger partial charge >= 0.3 is 0 Å². The molecule has 0 aromatic carbocycles. The quantitative estimate of drug-likeness (QED) is 0.699. The molecule has 3 heterocycles. The maximum absolute atomic E-state index is 13.0. The lowest BCUT2D eigenvalue weighted by Crippen LogP contribution is -2.54. The van der Waals surface area contributed by atoms with Gasteiger partial charge in [-0.2, -0.15) is 4.31 Å². The van der Waals surface area contributed by atoms with Gasteiger partial charge in [0.1, 0.15) is 4.21 Å². The van der Waals surface area contributed by atoms with Crippen molar-refractivity contribution in [2.45, 2.75) is 35.9 Å². The molecule has 8 nitrogen and oxygen atoms in total. The first-order valence-corrected chi connectivity index (χ1v) is 12.6. The number of thiophene rings is 1. The summed E-state index contributed by atoms with van der Waals surface area (Å²) >= 11 is 1.21. The van der Waals surface area contributed by atoms with Gasteiger partial charge in [0.05, 0.1) is 12.5 Å². The number of piperazine rings is 1. The Bertz CT molecular complexity index is 830. The summed E-state index contributed by atoms with van der Waals surface area (Å²) < 4.78 is 27.4. The largest absolute Gasteiger partial charge is 0.352 e. The first-order valence-electron chi connectivity index (χ1n) is 10.3. The number of carbonyl (C=O) groups excluding carboxylic acids is 2. The second-order valence-electron chi connectivity index (χ2n) is 8.08. The lowest BCUT2D eigenvalue weighted by molar-refractivity contribution is -0.138. The lowest BCUT2D eigenvalue weighted by atomic mass is 9.98. The summed E-state index contributed by atoms with van der Waals surface area (Å²) in [6.45, 7) is 3.63. The molecule has 1 aromatic rings. The van der Waals surface area contributed by atoms with Crippen molar-refractivity contribution in [1.29, 1.82) is 0 Å². The van der Waals surface area contributed by atoms with Crippen molar-refractivity contribution in [1.82, 2.24) is 19.4 Å². The van der Waals surface area contributed by atoms with Crippen molar-refractivity contribution in [3.8, 4) is 0 Å². The molecule has 4 rings (SSSR count). The molecule has 0 spiro atoms. The first kappa shape index (κ1) is 20.8. The first-order chi connectivity index (χ1) is 13.9. The molecule has 10 heteroatoms. The fourth-order valence-corrected chi connectivity index (χ4v) is 6.66. The molecule has 1 saturated carbocycles. The molecule has 1 atom stereocenters. The zero-order chi connectivity index (χ0) is 20.4. The smallest absolute Gasteiger partial charge is 0.252 e. The van der Waals surface area contributed by atoms with Gasteiger partial charge < -0.3 is 10.2 Å². The van der Waals surface area contributed by atoms with Crippen LogP contribution in [0.5, 0.6) is 0 Å². The van der Waals surface area contributed by atoms with Gasteiger partial charge in [-0.1, -0.05) is 6.07 Å². The van der Waals surface area contributed by atoms with Crippen molar-refractivity contribution in [3.05, 3.63) is 17.5 Å². The molecule has 3 aliphatic rings. The molecule has 0 bridgehead atoms. The summed E-state index contributed by atoms with van der Waals surface area (Å²) in [5.41, 5.74) is 0. The third-order valence-corrected chi connectivity index (χ3v) is 9.05. The Morgan fingerprint density at radius 1 is 1.10 bits per heavy atom. The van der Waals surface area contributed by atoms with Crippen molar-refractivity contribution in [2.24, 2.45) is 5.92 Å². The molecule has 2 saturated heterocycles. The van der Waals surface area contributed by atoms with Crippen LogP contribution in [0.3, 0.4) is 0 Å². The van der Waals surface area contributed by atoms with E-state index in [-0.39, 0.29) is 24.3 Å². The third kappa shape index (κ3) is 4.99. The van der Waals surface area contributed by atoms with Gasteiger partial charge in [-0.25, -0.2) is 8.42 Å². The minimum Gasteiger partial charge on any atom is -0.352 e. The van der Waals surface area contributed by atoms with Gasteiger partial charge in [-0.15, -0.1) is 11.3 Å². The Morgan fingerprint density at radius 2 is 1.86 bits per heavy atom. The Morgan fingerprint density at radius 3 is 2.52 bits per heavy atom. The Kier molecular flexibility index (Phi) is 6.24. The van der Waals surface area contributed by atoms with Gasteiger partial charge in [-0.3, -0.25) is 14.5 Å². The summed E-state index contributed by atoms with van der Waals surface area (Å²) in [5, 5.41) is 4.75. The Hall–Kier alpha value is -1.49. The Labute approximate surface area is 175 Å². The van der Waals surface area contributed by atoms with E-state index in [0.717, 1.165) is 19.3 Å². The zero-order valence-electron chi connectivity index (χ0n) is 16.5. The van der Waals surface area contributed by atoms with Crippen molar-refractivity contribution in [3.63, 3.8) is 0 Å². The van der Waals surface area contributed by atoms with E-state index in [1.54, 1.807) is 17.5 Å². The number of nitrogens with zero attached hydrogens (tertiary/aromatic N) is 3. The molecule has 2 amide bonds. The van der Waals surface area contributed by atoms with Crippen LogP contribution in [0.1, 0.15) is 25.7 Å². The fraction of sp³-hybridized carbons (Fsp3) is 0.684. The van der Waals surface area contributed by atoms with Crippen LogP contribution >= 0.6 is 11.3 Å². The highest BCUT2D eigenvalue weighted by Crippen LogP contribution is 2.27. The van der Waals surface area contributed by atoms with E-state index >= 15 is 0 Å². The minimum atomic E-state index is -3.51. The maximum Gasteiger partial charge on any atom is 0.252 e. The molecule has 29 heavy (non-hydrogen) atoms. The maximum atomic E-state index is 13.0. The van der Waals surface area contributed by atoms with Crippen LogP contribution in [-0.4, -0.2) is 86.2 Å². The van der Waals surface area contributed by atoms with Crippen LogP contribution < -0.4 is 5.32 Å². The van der Waals surface area contributed by atoms with E-state index < -0.39 is 10.0 Å². The van der Waals surface area contributed by atoms with Crippen LogP contribution in [-0.2, 0) is 19.6 Å². The van der Waals surface area contributed by atoms with Crippen molar-refractivity contribution >= 4 is 33.2 Å². The number of rotatable bonds is 6. The molecule has 1 aliphatic carbocycles. The molecule has 2 aliphatic heterocycles.